The van der Waals surface area contributed by atoms with Gasteiger partial charge in [0.05, 0.1) is 5.02 Å². The molecule has 0 saturated heterocycles. The molecule has 24 heavy (non-hydrogen) atoms. The number of hydrogen-bond donors (Lipinski definition) is 1. The maximum atomic E-state index is 11.8. The standard InChI is InChI=1S/C18H21ClN2O3/c1-2-14-5-3-6-16(11-14)24-13-17(22)20-9-4-10-21-12-15(19)7-8-18(21)23/h3,5-8,11-12H,2,4,9-10,13H2,1H3,(H,20,22). The van der Waals surface area contributed by atoms with E-state index in [1.54, 1.807) is 12.3 Å². The van der Waals surface area contributed by atoms with E-state index in [9.17, 15) is 9.59 Å². The van der Waals surface area contributed by atoms with Gasteiger partial charge in [0.15, 0.2) is 6.61 Å². The molecular formula is C18H21ClN2O3. The molecule has 2 aromatic rings. The Balaban J connectivity index is 1.69. The molecule has 1 aromatic carbocycles. The fourth-order valence-electron chi connectivity index (χ4n) is 2.21. The Bertz CT molecular complexity index is 743. The monoisotopic (exact) mass is 348 g/mol. The number of aromatic nitrogens is 1. The molecule has 1 N–H and O–H groups in total. The van der Waals surface area contributed by atoms with Crippen LogP contribution in [0.3, 0.4) is 0 Å². The molecule has 1 aromatic heterocycles. The Morgan fingerprint density at radius 1 is 1.29 bits per heavy atom. The van der Waals surface area contributed by atoms with Gasteiger partial charge in [-0.25, -0.2) is 0 Å². The maximum Gasteiger partial charge on any atom is 0.257 e. The summed E-state index contributed by atoms with van der Waals surface area (Å²) in [4.78, 5) is 23.4. The molecule has 0 saturated carbocycles. The van der Waals surface area contributed by atoms with Crippen molar-refractivity contribution in [3.63, 3.8) is 0 Å². The fourth-order valence-corrected chi connectivity index (χ4v) is 2.39. The van der Waals surface area contributed by atoms with Crippen molar-refractivity contribution in [1.29, 1.82) is 0 Å². The minimum atomic E-state index is -0.185. The number of benzene rings is 1. The highest BCUT2D eigenvalue weighted by atomic mass is 35.5. The summed E-state index contributed by atoms with van der Waals surface area (Å²) >= 11 is 5.86. The number of carbonyl (C=O) groups excluding carboxylic acids is 1. The predicted molar refractivity (Wildman–Crippen MR) is 94.7 cm³/mol. The van der Waals surface area contributed by atoms with Crippen molar-refractivity contribution in [2.24, 2.45) is 0 Å². The van der Waals surface area contributed by atoms with Crippen LogP contribution in [0.1, 0.15) is 18.9 Å². The molecule has 0 bridgehead atoms. The van der Waals surface area contributed by atoms with E-state index >= 15 is 0 Å². The molecule has 0 atom stereocenters. The lowest BCUT2D eigenvalue weighted by atomic mass is 10.2. The summed E-state index contributed by atoms with van der Waals surface area (Å²) in [7, 11) is 0. The molecule has 1 amide bonds. The number of carbonyl (C=O) groups is 1. The average molecular weight is 349 g/mol. The van der Waals surface area contributed by atoms with Gasteiger partial charge in [-0.15, -0.1) is 0 Å². The van der Waals surface area contributed by atoms with Gasteiger partial charge in [0.25, 0.3) is 11.5 Å². The Hall–Kier alpha value is -2.27. The SMILES string of the molecule is CCc1cccc(OCC(=O)NCCCn2cc(Cl)ccc2=O)c1. The smallest absolute Gasteiger partial charge is 0.257 e. The summed E-state index contributed by atoms with van der Waals surface area (Å²) in [5.74, 6) is 0.505. The largest absolute Gasteiger partial charge is 0.484 e. The topological polar surface area (TPSA) is 60.3 Å². The number of nitrogens with zero attached hydrogens (tertiary/aromatic N) is 1. The van der Waals surface area contributed by atoms with E-state index in [4.69, 9.17) is 16.3 Å². The van der Waals surface area contributed by atoms with E-state index < -0.39 is 0 Å². The van der Waals surface area contributed by atoms with Gasteiger partial charge in [0.1, 0.15) is 5.75 Å². The van der Waals surface area contributed by atoms with Crippen molar-refractivity contribution in [2.75, 3.05) is 13.2 Å². The molecule has 6 heteroatoms. The second-order valence-electron chi connectivity index (χ2n) is 5.37. The molecule has 0 unspecified atom stereocenters. The van der Waals surface area contributed by atoms with Gasteiger partial charge in [-0.05, 0) is 36.6 Å². The van der Waals surface area contributed by atoms with Crippen LogP contribution in [-0.2, 0) is 17.8 Å². The molecule has 2 rings (SSSR count). The minimum absolute atomic E-state index is 0.0235. The van der Waals surface area contributed by atoms with Gasteiger partial charge in [-0.3, -0.25) is 9.59 Å². The summed E-state index contributed by atoms with van der Waals surface area (Å²) in [6.45, 7) is 3.01. The van der Waals surface area contributed by atoms with Gasteiger partial charge < -0.3 is 14.6 Å². The third kappa shape index (κ3) is 5.74. The number of hydrogen-bond acceptors (Lipinski definition) is 3. The number of amides is 1. The van der Waals surface area contributed by atoms with Crippen LogP contribution in [-0.4, -0.2) is 23.6 Å². The first-order chi connectivity index (χ1) is 11.6. The quantitative estimate of drug-likeness (QED) is 0.746. The van der Waals surface area contributed by atoms with Crippen LogP contribution in [0.15, 0.2) is 47.4 Å². The fraction of sp³-hybridized carbons (Fsp3) is 0.333. The minimum Gasteiger partial charge on any atom is -0.484 e. The molecule has 0 aliphatic heterocycles. The number of rotatable bonds is 8. The first-order valence-electron chi connectivity index (χ1n) is 7.93. The summed E-state index contributed by atoms with van der Waals surface area (Å²) in [5.41, 5.74) is 1.06. The molecular weight excluding hydrogens is 328 g/mol. The zero-order valence-corrected chi connectivity index (χ0v) is 14.4. The normalized spacial score (nSPS) is 10.4. The van der Waals surface area contributed by atoms with Gasteiger partial charge in [0.2, 0.25) is 0 Å². The summed E-state index contributed by atoms with van der Waals surface area (Å²) in [5, 5.41) is 3.29. The van der Waals surface area contributed by atoms with Crippen LogP contribution in [0.4, 0.5) is 0 Å². The molecule has 0 fully saturated rings. The molecule has 5 nitrogen and oxygen atoms in total. The number of halogens is 1. The molecule has 128 valence electrons. The Kier molecular flexibility index (Phi) is 6.88. The lowest BCUT2D eigenvalue weighted by molar-refractivity contribution is -0.123. The van der Waals surface area contributed by atoms with Crippen molar-refractivity contribution < 1.29 is 9.53 Å². The van der Waals surface area contributed by atoms with Crippen LogP contribution >= 0.6 is 11.6 Å². The molecule has 1 heterocycles. The predicted octanol–water partition coefficient (Wildman–Crippen LogP) is 2.65. The van der Waals surface area contributed by atoms with E-state index in [1.807, 2.05) is 24.3 Å². The zero-order valence-electron chi connectivity index (χ0n) is 13.6. The lowest BCUT2D eigenvalue weighted by Gasteiger charge is -2.09. The van der Waals surface area contributed by atoms with E-state index in [-0.39, 0.29) is 18.1 Å². The first-order valence-corrected chi connectivity index (χ1v) is 8.30. The van der Waals surface area contributed by atoms with Crippen LogP contribution in [0, 0.1) is 0 Å². The van der Waals surface area contributed by atoms with Crippen molar-refractivity contribution in [3.8, 4) is 5.75 Å². The third-order valence-corrected chi connectivity index (χ3v) is 3.75. The second-order valence-corrected chi connectivity index (χ2v) is 5.81. The number of ether oxygens (including phenoxy) is 1. The van der Waals surface area contributed by atoms with Crippen molar-refractivity contribution in [1.82, 2.24) is 9.88 Å². The van der Waals surface area contributed by atoms with Crippen molar-refractivity contribution in [2.45, 2.75) is 26.3 Å². The van der Waals surface area contributed by atoms with E-state index in [0.29, 0.717) is 30.3 Å². The highest BCUT2D eigenvalue weighted by Gasteiger charge is 2.03. The number of pyridine rings is 1. The molecule has 0 spiro atoms. The van der Waals surface area contributed by atoms with Crippen LogP contribution in [0.5, 0.6) is 5.75 Å². The lowest BCUT2D eigenvalue weighted by Crippen LogP contribution is -2.30. The summed E-state index contributed by atoms with van der Waals surface area (Å²) in [6.07, 6.45) is 3.15. The first kappa shape index (κ1) is 18.1. The summed E-state index contributed by atoms with van der Waals surface area (Å²) in [6, 6.07) is 10.7. The molecule has 0 radical (unpaired) electrons. The van der Waals surface area contributed by atoms with Gasteiger partial charge >= 0.3 is 0 Å². The van der Waals surface area contributed by atoms with Gasteiger partial charge in [0, 0.05) is 25.4 Å². The maximum absolute atomic E-state index is 11.8. The Morgan fingerprint density at radius 3 is 2.92 bits per heavy atom. The highest BCUT2D eigenvalue weighted by molar-refractivity contribution is 6.30. The van der Waals surface area contributed by atoms with E-state index in [1.165, 1.54) is 16.2 Å². The van der Waals surface area contributed by atoms with Crippen LogP contribution < -0.4 is 15.6 Å². The van der Waals surface area contributed by atoms with Gasteiger partial charge in [-0.1, -0.05) is 30.7 Å². The van der Waals surface area contributed by atoms with Crippen LogP contribution in [0.25, 0.3) is 0 Å². The molecule has 0 aliphatic carbocycles. The van der Waals surface area contributed by atoms with Crippen molar-refractivity contribution in [3.05, 3.63) is 63.5 Å². The Morgan fingerprint density at radius 2 is 2.12 bits per heavy atom. The van der Waals surface area contributed by atoms with Gasteiger partial charge in [-0.2, -0.15) is 0 Å². The molecule has 0 aliphatic rings. The number of aryl methyl sites for hydroxylation is 2. The zero-order chi connectivity index (χ0) is 17.4. The summed E-state index contributed by atoms with van der Waals surface area (Å²) < 4.78 is 7.00. The highest BCUT2D eigenvalue weighted by Crippen LogP contribution is 2.13. The van der Waals surface area contributed by atoms with Crippen LogP contribution in [0.2, 0.25) is 5.02 Å². The van der Waals surface area contributed by atoms with Crippen molar-refractivity contribution >= 4 is 17.5 Å². The Labute approximate surface area is 146 Å². The van der Waals surface area contributed by atoms with E-state index in [0.717, 1.165) is 6.42 Å². The third-order valence-electron chi connectivity index (χ3n) is 3.52. The number of nitrogens with one attached hydrogen (secondary N) is 1. The van der Waals surface area contributed by atoms with E-state index in [2.05, 4.69) is 12.2 Å². The second kappa shape index (κ2) is 9.13. The average Bonchev–Trinajstić information content (AvgIpc) is 2.60.